The number of para-hydroxylation sites is 1. The highest BCUT2D eigenvalue weighted by molar-refractivity contribution is 6.02. The number of aromatic nitrogens is 3. The Kier molecular flexibility index (Phi) is 6.17. The number of carbonyl (C=O) groups excluding carboxylic acids is 1. The molecule has 1 fully saturated rings. The number of hydrogen-bond donors (Lipinski definition) is 2. The second-order valence-electron chi connectivity index (χ2n) is 8.82. The third-order valence-corrected chi connectivity index (χ3v) is 6.46. The fourth-order valence-electron chi connectivity index (χ4n) is 4.71. The standard InChI is InChI=1S/C26H25F2N5O3/c1-2-4-21(34)32-12-11-16(13-32)33-14-18(22-23(33)26(35)31-30-25(22)29)15-7-9-17(10-8-15)36-24-19(27)5-3-6-20(24)28/h3,5-10,14,16H,2,4,11-13H2,1H3,(H2,29,30)(H,31,35). The SMILES string of the molecule is CCCC(=O)N1CCC(n2cc(-c3ccc(Oc4c(F)cccc4F)cc3)c3c(N)n[nH]c(=O)c32)C1. The average molecular weight is 494 g/mol. The summed E-state index contributed by atoms with van der Waals surface area (Å²) in [5.41, 5.74) is 7.60. The van der Waals surface area contributed by atoms with Gasteiger partial charge in [0.1, 0.15) is 11.3 Å². The number of rotatable bonds is 6. The Morgan fingerprint density at radius 1 is 1.19 bits per heavy atom. The predicted molar refractivity (Wildman–Crippen MR) is 132 cm³/mol. The number of aromatic amines is 1. The summed E-state index contributed by atoms with van der Waals surface area (Å²) in [5.74, 6) is -1.56. The van der Waals surface area contributed by atoms with Gasteiger partial charge in [-0.05, 0) is 42.7 Å². The number of benzene rings is 2. The normalized spacial score (nSPS) is 15.5. The van der Waals surface area contributed by atoms with Crippen molar-refractivity contribution in [2.24, 2.45) is 0 Å². The molecule has 8 nitrogen and oxygen atoms in total. The van der Waals surface area contributed by atoms with Crippen LogP contribution in [0.2, 0.25) is 0 Å². The van der Waals surface area contributed by atoms with E-state index >= 15 is 0 Å². The summed E-state index contributed by atoms with van der Waals surface area (Å²) >= 11 is 0. The number of nitrogens with two attached hydrogens (primary N) is 1. The van der Waals surface area contributed by atoms with Crippen molar-refractivity contribution in [3.05, 3.63) is 70.6 Å². The molecule has 1 aliphatic rings. The second-order valence-corrected chi connectivity index (χ2v) is 8.82. The lowest BCUT2D eigenvalue weighted by Gasteiger charge is -2.17. The van der Waals surface area contributed by atoms with Gasteiger partial charge in [0.2, 0.25) is 5.91 Å². The highest BCUT2D eigenvalue weighted by atomic mass is 19.1. The van der Waals surface area contributed by atoms with E-state index < -0.39 is 17.4 Å². The van der Waals surface area contributed by atoms with Crippen LogP contribution in [-0.4, -0.2) is 38.7 Å². The minimum Gasteiger partial charge on any atom is -0.451 e. The van der Waals surface area contributed by atoms with E-state index in [2.05, 4.69) is 10.2 Å². The van der Waals surface area contributed by atoms with E-state index in [1.54, 1.807) is 24.3 Å². The zero-order chi connectivity index (χ0) is 25.4. The highest BCUT2D eigenvalue weighted by Crippen LogP contribution is 2.37. The molecule has 1 saturated heterocycles. The molecule has 3 heterocycles. The first kappa shape index (κ1) is 23.5. The van der Waals surface area contributed by atoms with Gasteiger partial charge in [-0.3, -0.25) is 9.59 Å². The van der Waals surface area contributed by atoms with Crippen LogP contribution in [0, 0.1) is 11.6 Å². The van der Waals surface area contributed by atoms with Crippen molar-refractivity contribution in [3.63, 3.8) is 0 Å². The van der Waals surface area contributed by atoms with Crippen LogP contribution in [0.5, 0.6) is 11.5 Å². The number of nitrogens with one attached hydrogen (secondary N) is 1. The van der Waals surface area contributed by atoms with Crippen LogP contribution in [0.25, 0.3) is 22.0 Å². The van der Waals surface area contributed by atoms with Gasteiger partial charge in [-0.2, -0.15) is 5.10 Å². The number of anilines is 1. The number of amides is 1. The monoisotopic (exact) mass is 493 g/mol. The van der Waals surface area contributed by atoms with Crippen molar-refractivity contribution in [2.75, 3.05) is 18.8 Å². The molecule has 0 radical (unpaired) electrons. The largest absolute Gasteiger partial charge is 0.451 e. The Balaban J connectivity index is 1.51. The van der Waals surface area contributed by atoms with Crippen molar-refractivity contribution >= 4 is 22.6 Å². The molecule has 1 atom stereocenters. The van der Waals surface area contributed by atoms with E-state index in [4.69, 9.17) is 10.5 Å². The van der Waals surface area contributed by atoms with Gasteiger partial charge in [0.05, 0.1) is 11.4 Å². The molecule has 1 aliphatic heterocycles. The number of carbonyl (C=O) groups is 1. The van der Waals surface area contributed by atoms with Crippen LogP contribution in [-0.2, 0) is 4.79 Å². The minimum atomic E-state index is -0.803. The summed E-state index contributed by atoms with van der Waals surface area (Å²) in [6.45, 7) is 3.09. The fraction of sp³-hybridized carbons (Fsp3) is 0.269. The Labute approximate surface area is 205 Å². The summed E-state index contributed by atoms with van der Waals surface area (Å²) in [6.07, 6.45) is 3.83. The number of hydrogen-bond acceptors (Lipinski definition) is 5. The van der Waals surface area contributed by atoms with Crippen LogP contribution in [0.3, 0.4) is 0 Å². The summed E-state index contributed by atoms with van der Waals surface area (Å²) < 4.78 is 35.2. The lowest BCUT2D eigenvalue weighted by atomic mass is 10.1. The lowest BCUT2D eigenvalue weighted by molar-refractivity contribution is -0.130. The molecule has 5 rings (SSSR count). The molecule has 1 unspecified atom stereocenters. The number of halogens is 2. The molecule has 10 heteroatoms. The molecule has 3 N–H and O–H groups in total. The van der Waals surface area contributed by atoms with Crippen molar-refractivity contribution in [3.8, 4) is 22.6 Å². The third-order valence-electron chi connectivity index (χ3n) is 6.46. The Morgan fingerprint density at radius 3 is 2.61 bits per heavy atom. The highest BCUT2D eigenvalue weighted by Gasteiger charge is 2.30. The predicted octanol–water partition coefficient (Wildman–Crippen LogP) is 4.62. The first-order chi connectivity index (χ1) is 17.4. The molecule has 0 spiro atoms. The van der Waals surface area contributed by atoms with Crippen LogP contribution in [0.1, 0.15) is 32.2 Å². The van der Waals surface area contributed by atoms with Crippen molar-refractivity contribution in [1.29, 1.82) is 0 Å². The maximum Gasteiger partial charge on any atom is 0.288 e. The number of nitrogens with zero attached hydrogens (tertiary/aromatic N) is 3. The molecule has 0 aliphatic carbocycles. The quantitative estimate of drug-likeness (QED) is 0.408. The Hall–Kier alpha value is -4.21. The second kappa shape index (κ2) is 9.44. The van der Waals surface area contributed by atoms with E-state index in [-0.39, 0.29) is 29.1 Å². The molecule has 1 amide bonds. The van der Waals surface area contributed by atoms with E-state index in [1.165, 1.54) is 6.07 Å². The van der Waals surface area contributed by atoms with Gasteiger partial charge in [0, 0.05) is 31.3 Å². The minimum absolute atomic E-state index is 0.0865. The molecule has 36 heavy (non-hydrogen) atoms. The lowest BCUT2D eigenvalue weighted by Crippen LogP contribution is -2.29. The zero-order valence-corrected chi connectivity index (χ0v) is 19.6. The van der Waals surface area contributed by atoms with Crippen molar-refractivity contribution < 1.29 is 18.3 Å². The Morgan fingerprint density at radius 2 is 1.92 bits per heavy atom. The molecule has 0 saturated carbocycles. The molecular weight excluding hydrogens is 468 g/mol. The maximum absolute atomic E-state index is 14.0. The zero-order valence-electron chi connectivity index (χ0n) is 19.6. The van der Waals surface area contributed by atoms with Crippen LogP contribution in [0.4, 0.5) is 14.6 Å². The first-order valence-electron chi connectivity index (χ1n) is 11.8. The molecule has 0 bridgehead atoms. The van der Waals surface area contributed by atoms with Gasteiger partial charge >= 0.3 is 0 Å². The van der Waals surface area contributed by atoms with E-state index in [1.807, 2.05) is 22.6 Å². The molecule has 2 aromatic heterocycles. The third kappa shape index (κ3) is 4.19. The number of fused-ring (bicyclic) bond motifs is 1. The van der Waals surface area contributed by atoms with Crippen LogP contribution < -0.4 is 16.0 Å². The van der Waals surface area contributed by atoms with E-state index in [0.29, 0.717) is 42.4 Å². The number of likely N-dealkylation sites (tertiary alicyclic amines) is 1. The van der Waals surface area contributed by atoms with Gasteiger partial charge in [-0.1, -0.05) is 25.1 Å². The Bertz CT molecular complexity index is 1480. The van der Waals surface area contributed by atoms with Gasteiger partial charge < -0.3 is 19.9 Å². The molecule has 4 aromatic rings. The van der Waals surface area contributed by atoms with Gasteiger partial charge in [-0.15, -0.1) is 0 Å². The number of nitrogen functional groups attached to an aromatic ring is 1. The molecule has 186 valence electrons. The summed E-state index contributed by atoms with van der Waals surface area (Å²) in [5, 5.41) is 6.90. The van der Waals surface area contributed by atoms with E-state index in [9.17, 15) is 18.4 Å². The average Bonchev–Trinajstić information content (AvgIpc) is 3.51. The smallest absolute Gasteiger partial charge is 0.288 e. The van der Waals surface area contributed by atoms with Crippen LogP contribution >= 0.6 is 0 Å². The van der Waals surface area contributed by atoms with Gasteiger partial charge in [0.15, 0.2) is 23.2 Å². The molecular formula is C26H25F2N5O3. The summed E-state index contributed by atoms with van der Waals surface area (Å²) in [6, 6.07) is 10.0. The fourth-order valence-corrected chi connectivity index (χ4v) is 4.71. The topological polar surface area (TPSA) is 106 Å². The summed E-state index contributed by atoms with van der Waals surface area (Å²) in [4.78, 5) is 27.1. The van der Waals surface area contributed by atoms with Crippen LogP contribution in [0.15, 0.2) is 53.5 Å². The van der Waals surface area contributed by atoms with E-state index in [0.717, 1.165) is 24.1 Å². The summed E-state index contributed by atoms with van der Waals surface area (Å²) in [7, 11) is 0. The maximum atomic E-state index is 14.0. The van der Waals surface area contributed by atoms with Crippen molar-refractivity contribution in [1.82, 2.24) is 19.7 Å². The van der Waals surface area contributed by atoms with Crippen molar-refractivity contribution in [2.45, 2.75) is 32.2 Å². The molecule has 2 aromatic carbocycles. The van der Waals surface area contributed by atoms with Gasteiger partial charge in [-0.25, -0.2) is 13.9 Å². The number of ether oxygens (including phenoxy) is 1. The first-order valence-corrected chi connectivity index (χ1v) is 11.8. The van der Waals surface area contributed by atoms with Gasteiger partial charge in [0.25, 0.3) is 5.56 Å². The number of H-pyrrole nitrogens is 1.